The largest absolute Gasteiger partial charge is 0.489 e. The number of aryl methyl sites for hydroxylation is 2. The van der Waals surface area contributed by atoms with Crippen molar-refractivity contribution in [2.75, 3.05) is 12.2 Å². The second-order valence-electron chi connectivity index (χ2n) is 5.27. The number of methoxy groups -OCH3 is 1. The number of nitrogens with zero attached hydrogens (tertiary/aromatic N) is 1. The van der Waals surface area contributed by atoms with Crippen molar-refractivity contribution in [1.29, 1.82) is 0 Å². The number of carbonyl (C=O) groups is 1. The summed E-state index contributed by atoms with van der Waals surface area (Å²) in [5.41, 5.74) is 3.23. The van der Waals surface area contributed by atoms with E-state index in [2.05, 4.69) is 33.7 Å². The molecule has 2 aromatic carbocycles. The third kappa shape index (κ3) is 4.07. The molecule has 0 heterocycles. The Balaban J connectivity index is 2.24. The molecule has 0 aliphatic carbocycles. The molecule has 0 fully saturated rings. The van der Waals surface area contributed by atoms with Crippen molar-refractivity contribution in [1.82, 2.24) is 0 Å². The van der Waals surface area contributed by atoms with E-state index in [9.17, 15) is 10.0 Å². The monoisotopic (exact) mass is 393 g/mol. The molecule has 128 valence electrons. The molecule has 0 unspecified atom stereocenters. The minimum atomic E-state index is -0.869. The third-order valence-electron chi connectivity index (χ3n) is 3.66. The highest BCUT2D eigenvalue weighted by Gasteiger charge is 2.20. The predicted molar refractivity (Wildman–Crippen MR) is 95.7 cm³/mol. The number of benzene rings is 2. The molecule has 5 nitrogen and oxygen atoms in total. The Kier molecular flexibility index (Phi) is 6.23. The summed E-state index contributed by atoms with van der Waals surface area (Å²) in [7, 11) is 1.21. The molecule has 2 aromatic rings. The Hall–Kier alpha value is -2.05. The van der Waals surface area contributed by atoms with E-state index in [0.717, 1.165) is 17.7 Å². The van der Waals surface area contributed by atoms with Crippen LogP contribution in [0, 0.1) is 6.92 Å². The van der Waals surface area contributed by atoms with Crippen LogP contribution in [0.5, 0.6) is 5.75 Å². The number of rotatable bonds is 5. The normalized spacial score (nSPS) is 10.4. The van der Waals surface area contributed by atoms with Gasteiger partial charge in [0.25, 0.3) is 0 Å². The number of anilines is 1. The first kappa shape index (κ1) is 18.3. The lowest BCUT2D eigenvalue weighted by Crippen LogP contribution is -2.28. The number of carbonyl (C=O) groups excluding carboxylic acids is 1. The van der Waals surface area contributed by atoms with Crippen molar-refractivity contribution in [2.24, 2.45) is 0 Å². The number of ether oxygens (including phenoxy) is 2. The highest BCUT2D eigenvalue weighted by molar-refractivity contribution is 9.10. The fourth-order valence-electron chi connectivity index (χ4n) is 2.34. The molecule has 0 radical (unpaired) electrons. The highest BCUT2D eigenvalue weighted by Crippen LogP contribution is 2.31. The summed E-state index contributed by atoms with van der Waals surface area (Å²) in [6, 6.07) is 11.4. The van der Waals surface area contributed by atoms with E-state index < -0.39 is 6.09 Å². The van der Waals surface area contributed by atoms with Gasteiger partial charge >= 0.3 is 6.09 Å². The van der Waals surface area contributed by atoms with E-state index in [1.807, 2.05) is 25.1 Å². The first-order valence-electron chi connectivity index (χ1n) is 7.54. The first-order chi connectivity index (χ1) is 11.5. The van der Waals surface area contributed by atoms with Crippen LogP contribution in [0.3, 0.4) is 0 Å². The second kappa shape index (κ2) is 8.17. The number of halogens is 1. The molecule has 1 amide bonds. The molecule has 0 atom stereocenters. The SMILES string of the molecule is CCc1ccc(OCc2cccc(Br)c2N(O)C(=O)OC)c(C)c1. The minimum Gasteiger partial charge on any atom is -0.489 e. The van der Waals surface area contributed by atoms with Gasteiger partial charge in [0, 0.05) is 10.0 Å². The molecule has 0 aliphatic rings. The van der Waals surface area contributed by atoms with Crippen LogP contribution in [0.4, 0.5) is 10.5 Å². The van der Waals surface area contributed by atoms with E-state index in [1.54, 1.807) is 12.1 Å². The van der Waals surface area contributed by atoms with E-state index in [4.69, 9.17) is 4.74 Å². The van der Waals surface area contributed by atoms with Crippen LogP contribution in [0.1, 0.15) is 23.6 Å². The van der Waals surface area contributed by atoms with Gasteiger partial charge in [0.1, 0.15) is 12.4 Å². The van der Waals surface area contributed by atoms with Crippen molar-refractivity contribution < 1.29 is 19.5 Å². The van der Waals surface area contributed by atoms with Gasteiger partial charge in [-0.3, -0.25) is 5.21 Å². The lowest BCUT2D eigenvalue weighted by atomic mass is 10.1. The number of hydrogen-bond acceptors (Lipinski definition) is 4. The summed E-state index contributed by atoms with van der Waals surface area (Å²) < 4.78 is 11.0. The predicted octanol–water partition coefficient (Wildman–Crippen LogP) is 4.86. The van der Waals surface area contributed by atoms with Gasteiger partial charge in [-0.15, -0.1) is 0 Å². The molecule has 1 N–H and O–H groups in total. The zero-order chi connectivity index (χ0) is 17.7. The topological polar surface area (TPSA) is 59.0 Å². The average molecular weight is 394 g/mol. The summed E-state index contributed by atoms with van der Waals surface area (Å²) in [6.07, 6.45) is 0.0989. The lowest BCUT2D eigenvalue weighted by Gasteiger charge is -2.19. The number of para-hydroxylation sites is 1. The quantitative estimate of drug-likeness (QED) is 0.581. The van der Waals surface area contributed by atoms with E-state index in [-0.39, 0.29) is 6.61 Å². The van der Waals surface area contributed by atoms with Crippen molar-refractivity contribution in [3.63, 3.8) is 0 Å². The summed E-state index contributed by atoms with van der Waals surface area (Å²) >= 11 is 3.34. The summed E-state index contributed by atoms with van der Waals surface area (Å²) in [5.74, 6) is 0.765. The molecule has 0 aromatic heterocycles. The highest BCUT2D eigenvalue weighted by atomic mass is 79.9. The molecule has 0 saturated carbocycles. The molecule has 0 spiro atoms. The number of amides is 1. The van der Waals surface area contributed by atoms with Crippen molar-refractivity contribution in [2.45, 2.75) is 26.9 Å². The van der Waals surface area contributed by atoms with Crippen LogP contribution in [0.15, 0.2) is 40.9 Å². The lowest BCUT2D eigenvalue weighted by molar-refractivity contribution is 0.140. The molecule has 24 heavy (non-hydrogen) atoms. The van der Waals surface area contributed by atoms with Crippen LogP contribution >= 0.6 is 15.9 Å². The zero-order valence-corrected chi connectivity index (χ0v) is 15.5. The number of hydrogen-bond donors (Lipinski definition) is 1. The van der Waals surface area contributed by atoms with E-state index in [0.29, 0.717) is 20.8 Å². The van der Waals surface area contributed by atoms with Crippen LogP contribution in [0.2, 0.25) is 0 Å². The molecule has 0 aliphatic heterocycles. The molecule has 6 heteroatoms. The minimum absolute atomic E-state index is 0.204. The van der Waals surface area contributed by atoms with Crippen molar-refractivity contribution >= 4 is 27.7 Å². The molecule has 0 bridgehead atoms. The Morgan fingerprint density at radius 1 is 1.29 bits per heavy atom. The fraction of sp³-hybridized carbons (Fsp3) is 0.278. The number of hydroxylamine groups is 1. The maximum Gasteiger partial charge on any atom is 0.438 e. The van der Waals surface area contributed by atoms with Crippen LogP contribution in [-0.2, 0) is 17.8 Å². The van der Waals surface area contributed by atoms with Gasteiger partial charge in [-0.05, 0) is 52.5 Å². The Labute approximate surface area is 149 Å². The molecular formula is C18H20BrNO4. The average Bonchev–Trinajstić information content (AvgIpc) is 2.59. The molecule has 2 rings (SSSR count). The first-order valence-corrected chi connectivity index (χ1v) is 8.33. The standard InChI is InChI=1S/C18H20BrNO4/c1-4-13-8-9-16(12(2)10-13)24-11-14-6-5-7-15(19)17(14)20(22)18(21)23-3/h5-10,22H,4,11H2,1-3H3. The van der Waals surface area contributed by atoms with Gasteiger partial charge < -0.3 is 9.47 Å². The summed E-state index contributed by atoms with van der Waals surface area (Å²) in [5, 5.41) is 10.5. The zero-order valence-electron chi connectivity index (χ0n) is 13.9. The Morgan fingerprint density at radius 2 is 2.04 bits per heavy atom. The van der Waals surface area contributed by atoms with Crippen molar-refractivity contribution in [3.8, 4) is 5.75 Å². The van der Waals surface area contributed by atoms with Crippen LogP contribution in [0.25, 0.3) is 0 Å². The molecular weight excluding hydrogens is 374 g/mol. The van der Waals surface area contributed by atoms with E-state index in [1.165, 1.54) is 12.7 Å². The smallest absolute Gasteiger partial charge is 0.438 e. The van der Waals surface area contributed by atoms with Gasteiger partial charge in [0.2, 0.25) is 0 Å². The maximum atomic E-state index is 11.6. The fourth-order valence-corrected chi connectivity index (χ4v) is 2.92. The summed E-state index contributed by atoms with van der Waals surface area (Å²) in [6.45, 7) is 4.30. The maximum absolute atomic E-state index is 11.6. The van der Waals surface area contributed by atoms with Gasteiger partial charge in [0.15, 0.2) is 0 Å². The Bertz CT molecular complexity index is 733. The van der Waals surface area contributed by atoms with Crippen LogP contribution < -0.4 is 9.80 Å². The second-order valence-corrected chi connectivity index (χ2v) is 6.13. The van der Waals surface area contributed by atoms with Gasteiger partial charge in [0.05, 0.1) is 12.8 Å². The van der Waals surface area contributed by atoms with Crippen molar-refractivity contribution in [3.05, 3.63) is 57.6 Å². The third-order valence-corrected chi connectivity index (χ3v) is 4.30. The van der Waals surface area contributed by atoms with Crippen LogP contribution in [-0.4, -0.2) is 18.4 Å². The Morgan fingerprint density at radius 3 is 2.67 bits per heavy atom. The van der Waals surface area contributed by atoms with Gasteiger partial charge in [-0.1, -0.05) is 31.2 Å². The van der Waals surface area contributed by atoms with Gasteiger partial charge in [-0.25, -0.2) is 4.79 Å². The molecule has 0 saturated heterocycles. The van der Waals surface area contributed by atoms with E-state index >= 15 is 0 Å². The summed E-state index contributed by atoms with van der Waals surface area (Å²) in [4.78, 5) is 11.6. The van der Waals surface area contributed by atoms with Gasteiger partial charge in [-0.2, -0.15) is 5.06 Å².